The minimum Gasteiger partial charge on any atom is -0.315 e. The minimum absolute atomic E-state index is 0.145. The second-order valence-corrected chi connectivity index (χ2v) is 6.94. The molecule has 1 aromatic rings. The molecule has 1 atom stereocenters. The first-order valence-electron chi connectivity index (χ1n) is 5.96. The van der Waals surface area contributed by atoms with Gasteiger partial charge >= 0.3 is 0 Å². The molecule has 7 nitrogen and oxygen atoms in total. The summed E-state index contributed by atoms with van der Waals surface area (Å²) in [4.78, 5) is 9.90. The largest absolute Gasteiger partial charge is 0.315 e. The van der Waals surface area contributed by atoms with E-state index in [1.165, 1.54) is 17.4 Å². The summed E-state index contributed by atoms with van der Waals surface area (Å²) in [5.74, 6) is 0. The van der Waals surface area contributed by atoms with Crippen molar-refractivity contribution in [3.63, 3.8) is 0 Å². The van der Waals surface area contributed by atoms with Crippen molar-refractivity contribution in [2.24, 2.45) is 0 Å². The van der Waals surface area contributed by atoms with E-state index in [9.17, 15) is 18.5 Å². The Bertz CT molecular complexity index is 629. The van der Waals surface area contributed by atoms with Gasteiger partial charge in [0.15, 0.2) is 4.90 Å². The van der Waals surface area contributed by atoms with Crippen LogP contribution in [0, 0.1) is 10.1 Å². The number of sulfonamides is 1. The molecule has 0 amide bonds. The van der Waals surface area contributed by atoms with E-state index < -0.39 is 20.6 Å². The van der Waals surface area contributed by atoms with Crippen LogP contribution < -0.4 is 5.32 Å². The summed E-state index contributed by atoms with van der Waals surface area (Å²) in [6.45, 7) is 1.26. The summed E-state index contributed by atoms with van der Waals surface area (Å²) in [6.07, 6.45) is 0.671. The Morgan fingerprint density at radius 3 is 2.75 bits per heavy atom. The maximum absolute atomic E-state index is 12.5. The van der Waals surface area contributed by atoms with Crippen LogP contribution in [0.1, 0.15) is 6.42 Å². The van der Waals surface area contributed by atoms with E-state index in [0.29, 0.717) is 13.0 Å². The molecule has 1 heterocycles. The average Bonchev–Trinajstić information content (AvgIpc) is 2.91. The van der Waals surface area contributed by atoms with Crippen LogP contribution in [0.5, 0.6) is 0 Å². The van der Waals surface area contributed by atoms with Gasteiger partial charge in [-0.2, -0.15) is 4.31 Å². The zero-order chi connectivity index (χ0) is 14.9. The lowest BCUT2D eigenvalue weighted by Crippen LogP contribution is -2.38. The molecule has 0 spiro atoms. The van der Waals surface area contributed by atoms with Gasteiger partial charge in [-0.25, -0.2) is 8.42 Å². The fourth-order valence-corrected chi connectivity index (χ4v) is 3.95. The predicted octanol–water partition coefficient (Wildman–Crippen LogP) is 1.23. The Hall–Kier alpha value is -1.22. The van der Waals surface area contributed by atoms with Crippen molar-refractivity contribution in [1.82, 2.24) is 9.62 Å². The van der Waals surface area contributed by atoms with Crippen molar-refractivity contribution >= 4 is 27.3 Å². The summed E-state index contributed by atoms with van der Waals surface area (Å²) >= 11 is 5.77. The number of benzene rings is 1. The molecule has 1 aliphatic heterocycles. The normalized spacial score (nSPS) is 19.4. The van der Waals surface area contributed by atoms with Gasteiger partial charge < -0.3 is 5.32 Å². The van der Waals surface area contributed by atoms with Crippen molar-refractivity contribution in [3.8, 4) is 0 Å². The summed E-state index contributed by atoms with van der Waals surface area (Å²) < 4.78 is 26.2. The maximum Gasteiger partial charge on any atom is 0.289 e. The summed E-state index contributed by atoms with van der Waals surface area (Å²) in [5.41, 5.74) is -0.466. The van der Waals surface area contributed by atoms with E-state index in [1.807, 2.05) is 0 Å². The summed E-state index contributed by atoms with van der Waals surface area (Å²) in [5, 5.41) is 14.2. The third-order valence-corrected chi connectivity index (χ3v) is 5.50. The summed E-state index contributed by atoms with van der Waals surface area (Å²) in [7, 11) is -2.53. The lowest BCUT2D eigenvalue weighted by molar-refractivity contribution is -0.387. The average molecular weight is 320 g/mol. The molecule has 1 aromatic carbocycles. The minimum atomic E-state index is -3.95. The zero-order valence-electron chi connectivity index (χ0n) is 10.7. The van der Waals surface area contributed by atoms with E-state index in [0.717, 1.165) is 18.7 Å². The van der Waals surface area contributed by atoms with Crippen LogP contribution in [0.2, 0.25) is 5.02 Å². The van der Waals surface area contributed by atoms with E-state index in [2.05, 4.69) is 5.32 Å². The van der Waals surface area contributed by atoms with E-state index in [-0.39, 0.29) is 16.0 Å². The smallest absolute Gasteiger partial charge is 0.289 e. The molecule has 0 bridgehead atoms. The molecule has 2 rings (SSSR count). The van der Waals surface area contributed by atoms with Crippen LogP contribution >= 0.6 is 11.6 Å². The zero-order valence-corrected chi connectivity index (χ0v) is 12.3. The topological polar surface area (TPSA) is 92.6 Å². The molecule has 0 saturated carbocycles. The SMILES string of the molecule is CN(C1CCNC1)S(=O)(=O)c1cc(Cl)ccc1[N+](=O)[O-]. The van der Waals surface area contributed by atoms with Crippen molar-refractivity contribution in [2.75, 3.05) is 20.1 Å². The molecular weight excluding hydrogens is 306 g/mol. The van der Waals surface area contributed by atoms with Crippen molar-refractivity contribution in [1.29, 1.82) is 0 Å². The van der Waals surface area contributed by atoms with Crippen LogP contribution in [0.25, 0.3) is 0 Å². The standard InChI is InChI=1S/C11H14ClN3O4S/c1-14(9-4-5-13-7-9)20(18,19)11-6-8(12)2-3-10(11)15(16)17/h2-3,6,9,13H,4-5,7H2,1H3. The van der Waals surface area contributed by atoms with Gasteiger partial charge in [-0.1, -0.05) is 11.6 Å². The molecule has 0 aromatic heterocycles. The second-order valence-electron chi connectivity index (χ2n) is 4.54. The molecule has 20 heavy (non-hydrogen) atoms. The van der Waals surface area contributed by atoms with Crippen LogP contribution in [-0.4, -0.2) is 43.8 Å². The van der Waals surface area contributed by atoms with Crippen molar-refractivity contribution < 1.29 is 13.3 Å². The summed E-state index contributed by atoms with van der Waals surface area (Å²) in [6, 6.07) is 3.32. The molecule has 1 N–H and O–H groups in total. The molecule has 0 radical (unpaired) electrons. The van der Waals surface area contributed by atoms with E-state index in [1.54, 1.807) is 0 Å². The Morgan fingerprint density at radius 1 is 1.50 bits per heavy atom. The molecule has 1 saturated heterocycles. The number of nitrogens with zero attached hydrogens (tertiary/aromatic N) is 2. The third-order valence-electron chi connectivity index (χ3n) is 3.32. The van der Waals surface area contributed by atoms with Gasteiger partial charge in [-0.3, -0.25) is 10.1 Å². The van der Waals surface area contributed by atoms with Gasteiger partial charge in [0.25, 0.3) is 5.69 Å². The first kappa shape index (κ1) is 15.2. The van der Waals surface area contributed by atoms with Crippen LogP contribution in [0.15, 0.2) is 23.1 Å². The number of nitrogens with one attached hydrogen (secondary N) is 1. The van der Waals surface area contributed by atoms with Gasteiger partial charge in [0, 0.05) is 30.7 Å². The number of rotatable bonds is 4. The van der Waals surface area contributed by atoms with Crippen LogP contribution in [-0.2, 0) is 10.0 Å². The quantitative estimate of drug-likeness (QED) is 0.665. The lowest BCUT2D eigenvalue weighted by Gasteiger charge is -2.23. The van der Waals surface area contributed by atoms with Gasteiger partial charge in [0.1, 0.15) is 0 Å². The highest BCUT2D eigenvalue weighted by atomic mass is 35.5. The fraction of sp³-hybridized carbons (Fsp3) is 0.455. The molecular formula is C11H14ClN3O4S. The number of hydrogen-bond donors (Lipinski definition) is 1. The second kappa shape index (κ2) is 5.65. The maximum atomic E-state index is 12.5. The fourth-order valence-electron chi connectivity index (χ4n) is 2.15. The molecule has 9 heteroatoms. The van der Waals surface area contributed by atoms with E-state index >= 15 is 0 Å². The first-order chi connectivity index (χ1) is 9.34. The van der Waals surface area contributed by atoms with Crippen LogP contribution in [0.4, 0.5) is 5.69 Å². The molecule has 110 valence electrons. The lowest BCUT2D eigenvalue weighted by atomic mass is 10.3. The van der Waals surface area contributed by atoms with Gasteiger partial charge in [-0.05, 0) is 25.1 Å². The Kier molecular flexibility index (Phi) is 4.28. The molecule has 0 aliphatic carbocycles. The monoisotopic (exact) mass is 319 g/mol. The molecule has 1 aliphatic rings. The highest BCUT2D eigenvalue weighted by Crippen LogP contribution is 2.30. The van der Waals surface area contributed by atoms with Crippen molar-refractivity contribution in [3.05, 3.63) is 33.3 Å². The van der Waals surface area contributed by atoms with Gasteiger partial charge in [0.2, 0.25) is 10.0 Å². The number of hydrogen-bond acceptors (Lipinski definition) is 5. The Morgan fingerprint density at radius 2 is 2.20 bits per heavy atom. The third kappa shape index (κ3) is 2.78. The van der Waals surface area contributed by atoms with Crippen LogP contribution in [0.3, 0.4) is 0 Å². The Labute approximate surface area is 121 Å². The highest BCUT2D eigenvalue weighted by molar-refractivity contribution is 7.89. The first-order valence-corrected chi connectivity index (χ1v) is 7.78. The van der Waals surface area contributed by atoms with Crippen molar-refractivity contribution in [2.45, 2.75) is 17.4 Å². The number of likely N-dealkylation sites (N-methyl/N-ethyl adjacent to an activating group) is 1. The highest BCUT2D eigenvalue weighted by Gasteiger charge is 2.34. The number of halogens is 1. The predicted molar refractivity (Wildman–Crippen MR) is 74.3 cm³/mol. The van der Waals surface area contributed by atoms with E-state index in [4.69, 9.17) is 11.6 Å². The number of nitro groups is 1. The van der Waals surface area contributed by atoms with Gasteiger partial charge in [-0.15, -0.1) is 0 Å². The molecule has 1 fully saturated rings. The Balaban J connectivity index is 2.47. The van der Waals surface area contributed by atoms with Gasteiger partial charge in [0.05, 0.1) is 4.92 Å². The molecule has 1 unspecified atom stereocenters. The number of nitro benzene ring substituents is 1.